The standard InChI is InChI=1S/C31H35N5OS/c37-31(36-18-17-35-22-27(32-30(35)23-36)21-34-15-7-2-8-16-34)20-29(25-10-3-1-4-11-25)33-38-28-14-13-24-9-5-6-12-26(24)19-28/h1,3-6,9-14,19,22,29,33H,2,7-8,15-18,20-21,23H2. The van der Waals surface area contributed by atoms with Gasteiger partial charge in [0.15, 0.2) is 0 Å². The fraction of sp³-hybridized carbons (Fsp3) is 0.355. The lowest BCUT2D eigenvalue weighted by Crippen LogP contribution is -2.39. The average molecular weight is 526 g/mol. The van der Waals surface area contributed by atoms with Gasteiger partial charge in [-0.15, -0.1) is 0 Å². The fourth-order valence-electron chi connectivity index (χ4n) is 5.53. The van der Waals surface area contributed by atoms with E-state index in [4.69, 9.17) is 4.98 Å². The predicted octanol–water partition coefficient (Wildman–Crippen LogP) is 5.79. The van der Waals surface area contributed by atoms with Crippen molar-refractivity contribution in [2.24, 2.45) is 0 Å². The van der Waals surface area contributed by atoms with Crippen molar-refractivity contribution in [1.29, 1.82) is 0 Å². The Kier molecular flexibility index (Phi) is 7.76. The minimum absolute atomic E-state index is 0.0866. The minimum Gasteiger partial charge on any atom is -0.333 e. The molecular formula is C31H35N5OS. The van der Waals surface area contributed by atoms with E-state index in [1.54, 1.807) is 11.9 Å². The van der Waals surface area contributed by atoms with E-state index in [0.717, 1.165) is 54.7 Å². The maximum atomic E-state index is 13.5. The van der Waals surface area contributed by atoms with Gasteiger partial charge in [-0.1, -0.05) is 67.1 Å². The summed E-state index contributed by atoms with van der Waals surface area (Å²) in [6, 6.07) is 25.1. The first-order valence-electron chi connectivity index (χ1n) is 13.7. The number of imidazole rings is 1. The van der Waals surface area contributed by atoms with Crippen LogP contribution in [0, 0.1) is 0 Å². The van der Waals surface area contributed by atoms with Crippen molar-refractivity contribution in [3.63, 3.8) is 0 Å². The van der Waals surface area contributed by atoms with Crippen molar-refractivity contribution in [2.75, 3.05) is 19.6 Å². The number of piperidine rings is 1. The number of hydrogen-bond donors (Lipinski definition) is 1. The normalized spacial score (nSPS) is 16.9. The van der Waals surface area contributed by atoms with Crippen LogP contribution in [-0.4, -0.2) is 44.9 Å². The third-order valence-electron chi connectivity index (χ3n) is 7.66. The van der Waals surface area contributed by atoms with E-state index < -0.39 is 0 Å². The molecule has 1 fully saturated rings. The maximum absolute atomic E-state index is 13.5. The molecule has 0 saturated carbocycles. The van der Waals surface area contributed by atoms with E-state index in [2.05, 4.69) is 75.0 Å². The molecule has 1 saturated heterocycles. The first-order chi connectivity index (χ1) is 18.7. The van der Waals surface area contributed by atoms with E-state index in [-0.39, 0.29) is 11.9 Å². The van der Waals surface area contributed by atoms with Gasteiger partial charge in [-0.2, -0.15) is 0 Å². The van der Waals surface area contributed by atoms with Crippen LogP contribution >= 0.6 is 11.9 Å². The van der Waals surface area contributed by atoms with Crippen LogP contribution in [0.2, 0.25) is 0 Å². The Bertz CT molecular complexity index is 1380. The first kappa shape index (κ1) is 25.2. The Labute approximate surface area is 229 Å². The van der Waals surface area contributed by atoms with Crippen molar-refractivity contribution < 1.29 is 4.79 Å². The number of carbonyl (C=O) groups excluding carboxylic acids is 1. The Morgan fingerprint density at radius 1 is 0.895 bits per heavy atom. The summed E-state index contributed by atoms with van der Waals surface area (Å²) in [6.45, 7) is 5.36. The molecule has 6 rings (SSSR count). The van der Waals surface area contributed by atoms with E-state index in [0.29, 0.717) is 13.0 Å². The van der Waals surface area contributed by atoms with Crippen LogP contribution < -0.4 is 4.72 Å². The Balaban J connectivity index is 1.11. The highest BCUT2D eigenvalue weighted by Crippen LogP contribution is 2.27. The average Bonchev–Trinajstić information content (AvgIpc) is 3.37. The molecular weight excluding hydrogens is 490 g/mol. The summed E-state index contributed by atoms with van der Waals surface area (Å²) in [5.74, 6) is 1.17. The lowest BCUT2D eigenvalue weighted by Gasteiger charge is -2.29. The van der Waals surface area contributed by atoms with Gasteiger partial charge in [0.2, 0.25) is 5.91 Å². The van der Waals surface area contributed by atoms with Gasteiger partial charge in [-0.25, -0.2) is 4.98 Å². The molecule has 0 aliphatic carbocycles. The van der Waals surface area contributed by atoms with E-state index in [1.807, 2.05) is 23.1 Å². The zero-order valence-corrected chi connectivity index (χ0v) is 22.6. The number of nitrogens with zero attached hydrogens (tertiary/aromatic N) is 4. The topological polar surface area (TPSA) is 53.4 Å². The molecule has 1 unspecified atom stereocenters. The quantitative estimate of drug-likeness (QED) is 0.295. The molecule has 4 aromatic rings. The molecule has 2 aliphatic heterocycles. The number of rotatable bonds is 8. The summed E-state index contributed by atoms with van der Waals surface area (Å²) in [5, 5.41) is 2.45. The van der Waals surface area contributed by atoms with Crippen LogP contribution in [0.3, 0.4) is 0 Å². The molecule has 1 N–H and O–H groups in total. The smallest absolute Gasteiger partial charge is 0.224 e. The molecule has 0 bridgehead atoms. The molecule has 3 aromatic carbocycles. The Hall–Kier alpha value is -3.13. The van der Waals surface area contributed by atoms with Crippen LogP contribution in [0.25, 0.3) is 10.8 Å². The molecule has 196 valence electrons. The SMILES string of the molecule is O=C(CC(NSc1ccc2ccccc2c1)c1ccccc1)N1CCn2cc(CN3CCCCC3)nc2C1. The van der Waals surface area contributed by atoms with Crippen molar-refractivity contribution in [1.82, 2.24) is 24.1 Å². The number of aromatic nitrogens is 2. The second-order valence-corrected chi connectivity index (χ2v) is 11.3. The summed E-state index contributed by atoms with van der Waals surface area (Å²) in [5.41, 5.74) is 2.25. The molecule has 1 aromatic heterocycles. The minimum atomic E-state index is -0.0866. The van der Waals surface area contributed by atoms with Crippen molar-refractivity contribution >= 4 is 28.6 Å². The molecule has 0 spiro atoms. The predicted molar refractivity (Wildman–Crippen MR) is 154 cm³/mol. The zero-order chi connectivity index (χ0) is 25.7. The highest BCUT2D eigenvalue weighted by atomic mass is 32.2. The summed E-state index contributed by atoms with van der Waals surface area (Å²) >= 11 is 1.59. The number of carbonyl (C=O) groups is 1. The van der Waals surface area contributed by atoms with Gasteiger partial charge in [0.1, 0.15) is 5.82 Å². The summed E-state index contributed by atoms with van der Waals surface area (Å²) < 4.78 is 5.84. The van der Waals surface area contributed by atoms with Crippen LogP contribution in [0.1, 0.15) is 48.8 Å². The highest BCUT2D eigenvalue weighted by molar-refractivity contribution is 7.97. The van der Waals surface area contributed by atoms with Gasteiger partial charge in [-0.3, -0.25) is 14.4 Å². The van der Waals surface area contributed by atoms with Crippen LogP contribution in [-0.2, 0) is 24.4 Å². The van der Waals surface area contributed by atoms with Gasteiger partial charge < -0.3 is 9.47 Å². The third kappa shape index (κ3) is 5.96. The van der Waals surface area contributed by atoms with Crippen LogP contribution in [0.5, 0.6) is 0 Å². The fourth-order valence-corrected chi connectivity index (χ4v) is 6.35. The monoisotopic (exact) mass is 525 g/mol. The molecule has 7 heteroatoms. The summed E-state index contributed by atoms with van der Waals surface area (Å²) in [4.78, 5) is 24.1. The van der Waals surface area contributed by atoms with Crippen LogP contribution in [0.4, 0.5) is 0 Å². The molecule has 2 aliphatic rings. The van der Waals surface area contributed by atoms with Crippen molar-refractivity contribution in [3.05, 3.63) is 96.1 Å². The lowest BCUT2D eigenvalue weighted by atomic mass is 10.0. The van der Waals surface area contributed by atoms with Crippen molar-refractivity contribution in [3.8, 4) is 0 Å². The number of nitrogens with one attached hydrogen (secondary N) is 1. The number of amides is 1. The van der Waals surface area contributed by atoms with Crippen LogP contribution in [0.15, 0.2) is 83.9 Å². The summed E-state index contributed by atoms with van der Waals surface area (Å²) in [7, 11) is 0. The van der Waals surface area contributed by atoms with Gasteiger partial charge >= 0.3 is 0 Å². The van der Waals surface area contributed by atoms with Gasteiger partial charge in [0, 0.05) is 37.1 Å². The van der Waals surface area contributed by atoms with Gasteiger partial charge in [0.25, 0.3) is 0 Å². The lowest BCUT2D eigenvalue weighted by molar-refractivity contribution is -0.133. The number of likely N-dealkylation sites (tertiary alicyclic amines) is 1. The first-order valence-corrected chi connectivity index (χ1v) is 14.5. The second kappa shape index (κ2) is 11.7. The van der Waals surface area contributed by atoms with E-state index in [9.17, 15) is 4.79 Å². The zero-order valence-electron chi connectivity index (χ0n) is 21.8. The second-order valence-electron chi connectivity index (χ2n) is 10.4. The molecule has 6 nitrogen and oxygen atoms in total. The van der Waals surface area contributed by atoms with E-state index in [1.165, 1.54) is 30.0 Å². The van der Waals surface area contributed by atoms with Gasteiger partial charge in [-0.05, 0) is 66.3 Å². The Morgan fingerprint density at radius 2 is 1.68 bits per heavy atom. The Morgan fingerprint density at radius 3 is 2.53 bits per heavy atom. The molecule has 1 atom stereocenters. The molecule has 38 heavy (non-hydrogen) atoms. The summed E-state index contributed by atoms with van der Waals surface area (Å²) in [6.07, 6.45) is 6.51. The number of hydrogen-bond acceptors (Lipinski definition) is 5. The van der Waals surface area contributed by atoms with E-state index >= 15 is 0 Å². The molecule has 0 radical (unpaired) electrons. The third-order valence-corrected chi connectivity index (χ3v) is 8.55. The van der Waals surface area contributed by atoms with Crippen molar-refractivity contribution in [2.45, 2.75) is 56.3 Å². The number of fused-ring (bicyclic) bond motifs is 2. The largest absolute Gasteiger partial charge is 0.333 e. The molecule has 3 heterocycles. The molecule has 1 amide bonds. The maximum Gasteiger partial charge on any atom is 0.224 e. The number of benzene rings is 3. The van der Waals surface area contributed by atoms with Gasteiger partial charge in [0.05, 0.1) is 18.3 Å². The highest BCUT2D eigenvalue weighted by Gasteiger charge is 2.26.